The van der Waals surface area contributed by atoms with E-state index in [0.717, 1.165) is 17.8 Å². The monoisotopic (exact) mass is 292 g/mol. The third-order valence-corrected chi connectivity index (χ3v) is 3.45. The largest absolute Gasteiger partial charge is 0.494 e. The molecule has 112 valence electrons. The molecule has 1 aromatic heterocycles. The van der Waals surface area contributed by atoms with Gasteiger partial charge in [-0.2, -0.15) is 0 Å². The maximum Gasteiger partial charge on any atom is 0.382 e. The number of aromatic amines is 1. The summed E-state index contributed by atoms with van der Waals surface area (Å²) < 4.78 is 5.40. The van der Waals surface area contributed by atoms with Crippen LogP contribution in [0.15, 0.2) is 24.4 Å². The quantitative estimate of drug-likeness (QED) is 0.627. The minimum atomic E-state index is -2.06. The zero-order chi connectivity index (χ0) is 15.6. The van der Waals surface area contributed by atoms with Gasteiger partial charge in [0.25, 0.3) is 0 Å². The topological polar surface area (TPSA) is 105 Å². The lowest BCUT2D eigenvalue weighted by Gasteiger charge is -2.15. The summed E-state index contributed by atoms with van der Waals surface area (Å²) in [6.45, 7) is 3.48. The molecule has 7 nitrogen and oxygen atoms in total. The van der Waals surface area contributed by atoms with Crippen molar-refractivity contribution in [1.82, 2.24) is 4.98 Å². The first-order chi connectivity index (χ1) is 9.88. The standard InChI is InChI=1S/C14H16N2O5/c1-3-21-10-4-5-12-11(6-10)9(8-15-12)7-14(2,13(17)18)16(19)20/h4-6,8,15H,3,7H2,1-2H3,(H,17,18). The molecule has 0 fully saturated rings. The third-order valence-electron chi connectivity index (χ3n) is 3.45. The molecule has 7 heteroatoms. The van der Waals surface area contributed by atoms with Gasteiger partial charge in [0, 0.05) is 28.9 Å². The number of carboxylic acid groups (broad SMARTS) is 1. The van der Waals surface area contributed by atoms with Gasteiger partial charge in [-0.1, -0.05) is 0 Å². The Morgan fingerprint density at radius 3 is 2.81 bits per heavy atom. The smallest absolute Gasteiger partial charge is 0.382 e. The summed E-state index contributed by atoms with van der Waals surface area (Å²) in [6.07, 6.45) is 1.40. The second-order valence-corrected chi connectivity index (χ2v) is 4.97. The van der Waals surface area contributed by atoms with Gasteiger partial charge in [0.2, 0.25) is 0 Å². The molecule has 1 aromatic carbocycles. The Labute approximate surface area is 120 Å². The fraction of sp³-hybridized carbons (Fsp3) is 0.357. The molecule has 1 heterocycles. The molecule has 0 radical (unpaired) electrons. The molecule has 2 N–H and O–H groups in total. The van der Waals surface area contributed by atoms with E-state index in [9.17, 15) is 14.9 Å². The SMILES string of the molecule is CCOc1ccc2[nH]cc(CC(C)(C(=O)O)[N+](=O)[O-])c2c1. The van der Waals surface area contributed by atoms with E-state index in [0.29, 0.717) is 17.9 Å². The van der Waals surface area contributed by atoms with Crippen LogP contribution in [0.25, 0.3) is 10.9 Å². The maximum absolute atomic E-state index is 11.2. The zero-order valence-electron chi connectivity index (χ0n) is 11.8. The molecule has 2 aromatic rings. The van der Waals surface area contributed by atoms with Crippen LogP contribution in [0.4, 0.5) is 0 Å². The van der Waals surface area contributed by atoms with Gasteiger partial charge >= 0.3 is 11.5 Å². The number of carboxylic acids is 1. The van der Waals surface area contributed by atoms with Crippen molar-refractivity contribution in [3.8, 4) is 5.75 Å². The lowest BCUT2D eigenvalue weighted by atomic mass is 9.93. The summed E-state index contributed by atoms with van der Waals surface area (Å²) in [6, 6.07) is 5.34. The molecule has 0 amide bonds. The molecular weight excluding hydrogens is 276 g/mol. The lowest BCUT2D eigenvalue weighted by molar-refractivity contribution is -0.550. The van der Waals surface area contributed by atoms with E-state index < -0.39 is 16.4 Å². The van der Waals surface area contributed by atoms with Gasteiger partial charge in [-0.15, -0.1) is 0 Å². The van der Waals surface area contributed by atoms with E-state index in [4.69, 9.17) is 9.84 Å². The highest BCUT2D eigenvalue weighted by Gasteiger charge is 2.46. The highest BCUT2D eigenvalue weighted by atomic mass is 16.6. The van der Waals surface area contributed by atoms with E-state index in [2.05, 4.69) is 4.98 Å². The van der Waals surface area contributed by atoms with Gasteiger partial charge in [0.15, 0.2) is 0 Å². The number of hydrogen-bond donors (Lipinski definition) is 2. The molecule has 0 saturated carbocycles. The first kappa shape index (κ1) is 14.8. The molecule has 1 unspecified atom stereocenters. The molecule has 2 rings (SSSR count). The number of ether oxygens (including phenoxy) is 1. The fourth-order valence-electron chi connectivity index (χ4n) is 2.15. The Bertz CT molecular complexity index is 678. The first-order valence-corrected chi connectivity index (χ1v) is 6.49. The van der Waals surface area contributed by atoms with Gasteiger partial charge in [0.1, 0.15) is 5.75 Å². The summed E-state index contributed by atoms with van der Waals surface area (Å²) in [7, 11) is 0. The van der Waals surface area contributed by atoms with Crippen molar-refractivity contribution < 1.29 is 19.6 Å². The predicted molar refractivity (Wildman–Crippen MR) is 76.2 cm³/mol. The van der Waals surface area contributed by atoms with E-state index in [1.807, 2.05) is 6.92 Å². The Morgan fingerprint density at radius 2 is 2.24 bits per heavy atom. The van der Waals surface area contributed by atoms with Crippen LogP contribution in [-0.4, -0.2) is 33.1 Å². The minimum Gasteiger partial charge on any atom is -0.494 e. The van der Waals surface area contributed by atoms with Crippen molar-refractivity contribution >= 4 is 16.9 Å². The summed E-state index contributed by atoms with van der Waals surface area (Å²) in [5, 5.41) is 21.0. The molecule has 0 saturated heterocycles. The van der Waals surface area contributed by atoms with Crippen LogP contribution >= 0.6 is 0 Å². The highest BCUT2D eigenvalue weighted by molar-refractivity contribution is 5.86. The van der Waals surface area contributed by atoms with E-state index in [1.54, 1.807) is 24.4 Å². The van der Waals surface area contributed by atoms with Crippen LogP contribution in [0.2, 0.25) is 0 Å². The summed E-state index contributed by atoms with van der Waals surface area (Å²) in [5.41, 5.74) is -0.700. The van der Waals surface area contributed by atoms with Crippen LogP contribution in [0, 0.1) is 10.1 Å². The van der Waals surface area contributed by atoms with Crippen LogP contribution < -0.4 is 4.74 Å². The number of nitrogens with zero attached hydrogens (tertiary/aromatic N) is 1. The van der Waals surface area contributed by atoms with Crippen molar-refractivity contribution in [2.45, 2.75) is 25.8 Å². The number of carbonyl (C=O) groups is 1. The van der Waals surface area contributed by atoms with Crippen LogP contribution in [0.5, 0.6) is 5.75 Å². The molecule has 0 bridgehead atoms. The number of fused-ring (bicyclic) bond motifs is 1. The van der Waals surface area contributed by atoms with Crippen molar-refractivity contribution in [3.05, 3.63) is 40.1 Å². The average molecular weight is 292 g/mol. The maximum atomic E-state index is 11.2. The normalized spacial score (nSPS) is 13.8. The van der Waals surface area contributed by atoms with Gasteiger partial charge in [-0.25, -0.2) is 4.79 Å². The zero-order valence-corrected chi connectivity index (χ0v) is 11.8. The van der Waals surface area contributed by atoms with E-state index >= 15 is 0 Å². The Hall–Kier alpha value is -2.57. The minimum absolute atomic E-state index is 0.203. The number of aromatic nitrogens is 1. The second-order valence-electron chi connectivity index (χ2n) is 4.97. The van der Waals surface area contributed by atoms with Crippen molar-refractivity contribution in [2.75, 3.05) is 6.61 Å². The number of H-pyrrole nitrogens is 1. The number of nitro groups is 1. The highest BCUT2D eigenvalue weighted by Crippen LogP contribution is 2.27. The molecule has 0 aliphatic rings. The molecule has 0 spiro atoms. The number of hydrogen-bond acceptors (Lipinski definition) is 4. The molecule has 0 aliphatic heterocycles. The summed E-state index contributed by atoms with van der Waals surface area (Å²) in [4.78, 5) is 24.5. The molecule has 1 atom stereocenters. The van der Waals surface area contributed by atoms with E-state index in [-0.39, 0.29) is 6.42 Å². The van der Waals surface area contributed by atoms with E-state index in [1.165, 1.54) is 0 Å². The Kier molecular flexibility index (Phi) is 3.84. The van der Waals surface area contributed by atoms with Gasteiger partial charge in [-0.3, -0.25) is 10.1 Å². The third kappa shape index (κ3) is 2.67. The number of aliphatic carboxylic acids is 1. The second kappa shape index (κ2) is 5.43. The molecular formula is C14H16N2O5. The summed E-state index contributed by atoms with van der Waals surface area (Å²) in [5.74, 6) is -0.813. The van der Waals surface area contributed by atoms with Gasteiger partial charge < -0.3 is 14.8 Å². The lowest BCUT2D eigenvalue weighted by Crippen LogP contribution is -2.45. The number of benzene rings is 1. The summed E-state index contributed by atoms with van der Waals surface area (Å²) >= 11 is 0. The Balaban J connectivity index is 2.44. The van der Waals surface area contributed by atoms with Crippen LogP contribution in [-0.2, 0) is 11.2 Å². The van der Waals surface area contributed by atoms with Gasteiger partial charge in [-0.05, 0) is 30.7 Å². The number of rotatable bonds is 6. The van der Waals surface area contributed by atoms with Crippen molar-refractivity contribution in [3.63, 3.8) is 0 Å². The number of nitrogens with one attached hydrogen (secondary N) is 1. The van der Waals surface area contributed by atoms with Gasteiger partial charge in [0.05, 0.1) is 13.0 Å². The predicted octanol–water partition coefficient (Wildman–Crippen LogP) is 2.23. The van der Waals surface area contributed by atoms with Crippen molar-refractivity contribution in [2.24, 2.45) is 0 Å². The average Bonchev–Trinajstić information content (AvgIpc) is 2.81. The first-order valence-electron chi connectivity index (χ1n) is 6.49. The molecule has 21 heavy (non-hydrogen) atoms. The Morgan fingerprint density at radius 1 is 1.52 bits per heavy atom. The van der Waals surface area contributed by atoms with Crippen LogP contribution in [0.1, 0.15) is 19.4 Å². The van der Waals surface area contributed by atoms with Crippen molar-refractivity contribution in [1.29, 1.82) is 0 Å². The fourth-order valence-corrected chi connectivity index (χ4v) is 2.15. The molecule has 0 aliphatic carbocycles. The van der Waals surface area contributed by atoms with Crippen LogP contribution in [0.3, 0.4) is 0 Å².